The molecular weight excluding hydrogens is 216 g/mol. The molecule has 1 amide bonds. The molecule has 1 heterocycles. The highest BCUT2D eigenvalue weighted by Crippen LogP contribution is 2.16. The first-order chi connectivity index (χ1) is 8.02. The Balaban J connectivity index is 2.34. The van der Waals surface area contributed by atoms with E-state index in [2.05, 4.69) is 0 Å². The van der Waals surface area contributed by atoms with Crippen molar-refractivity contribution in [2.24, 2.45) is 11.7 Å². The van der Waals surface area contributed by atoms with Crippen LogP contribution in [0.1, 0.15) is 40.0 Å². The lowest BCUT2D eigenvalue weighted by atomic mass is 10.00. The van der Waals surface area contributed by atoms with E-state index in [9.17, 15) is 4.79 Å². The second-order valence-corrected chi connectivity index (χ2v) is 5.26. The maximum atomic E-state index is 12.2. The first kappa shape index (κ1) is 14.5. The third-order valence-corrected chi connectivity index (χ3v) is 3.37. The average molecular weight is 242 g/mol. The highest BCUT2D eigenvalue weighted by molar-refractivity contribution is 5.78. The number of ether oxygens (including phenoxy) is 1. The summed E-state index contributed by atoms with van der Waals surface area (Å²) >= 11 is 0. The quantitative estimate of drug-likeness (QED) is 0.792. The molecule has 1 rings (SSSR count). The summed E-state index contributed by atoms with van der Waals surface area (Å²) in [6.07, 6.45) is 2.96. The number of amides is 1. The van der Waals surface area contributed by atoms with Crippen molar-refractivity contribution in [1.29, 1.82) is 0 Å². The minimum atomic E-state index is 0.106. The molecular formula is C13H26N2O2. The highest BCUT2D eigenvalue weighted by Gasteiger charge is 2.26. The molecule has 2 N–H and O–H groups in total. The molecule has 17 heavy (non-hydrogen) atoms. The van der Waals surface area contributed by atoms with Crippen molar-refractivity contribution in [3.05, 3.63) is 0 Å². The summed E-state index contributed by atoms with van der Waals surface area (Å²) in [7, 11) is 0. The van der Waals surface area contributed by atoms with Crippen LogP contribution in [0.4, 0.5) is 0 Å². The fraction of sp³-hybridized carbons (Fsp3) is 0.923. The van der Waals surface area contributed by atoms with Crippen LogP contribution in [0.25, 0.3) is 0 Å². The standard InChI is InChI=1S/C13H26N2O2/c1-10(5-4-6-11(2)14)13(16)15-7-8-17-9-12(15)3/h10-12H,4-9,14H2,1-3H3. The van der Waals surface area contributed by atoms with Crippen molar-refractivity contribution in [2.75, 3.05) is 19.8 Å². The summed E-state index contributed by atoms with van der Waals surface area (Å²) in [4.78, 5) is 14.2. The molecule has 4 heteroatoms. The molecule has 0 aromatic heterocycles. The van der Waals surface area contributed by atoms with Crippen molar-refractivity contribution in [1.82, 2.24) is 4.90 Å². The summed E-state index contributed by atoms with van der Waals surface area (Å²) in [6, 6.07) is 0.451. The maximum Gasteiger partial charge on any atom is 0.225 e. The first-order valence-electron chi connectivity index (χ1n) is 6.66. The van der Waals surface area contributed by atoms with Crippen LogP contribution in [0, 0.1) is 5.92 Å². The van der Waals surface area contributed by atoms with Crippen LogP contribution in [-0.2, 0) is 9.53 Å². The molecule has 1 aliphatic heterocycles. The van der Waals surface area contributed by atoms with Gasteiger partial charge in [0.15, 0.2) is 0 Å². The minimum Gasteiger partial charge on any atom is -0.377 e. The van der Waals surface area contributed by atoms with E-state index in [-0.39, 0.29) is 23.9 Å². The molecule has 100 valence electrons. The van der Waals surface area contributed by atoms with E-state index >= 15 is 0 Å². The van der Waals surface area contributed by atoms with Gasteiger partial charge in [0, 0.05) is 18.5 Å². The summed E-state index contributed by atoms with van der Waals surface area (Å²) in [5.41, 5.74) is 5.71. The first-order valence-corrected chi connectivity index (χ1v) is 6.66. The predicted octanol–water partition coefficient (Wildman–Crippen LogP) is 1.39. The number of rotatable bonds is 5. The number of morpholine rings is 1. The van der Waals surface area contributed by atoms with Gasteiger partial charge >= 0.3 is 0 Å². The van der Waals surface area contributed by atoms with Crippen LogP contribution in [0.3, 0.4) is 0 Å². The minimum absolute atomic E-state index is 0.106. The largest absolute Gasteiger partial charge is 0.377 e. The van der Waals surface area contributed by atoms with Gasteiger partial charge < -0.3 is 15.4 Å². The van der Waals surface area contributed by atoms with E-state index in [4.69, 9.17) is 10.5 Å². The second-order valence-electron chi connectivity index (χ2n) is 5.26. The topological polar surface area (TPSA) is 55.6 Å². The zero-order chi connectivity index (χ0) is 12.8. The molecule has 4 nitrogen and oxygen atoms in total. The molecule has 0 aromatic carbocycles. The molecule has 3 unspecified atom stereocenters. The normalized spacial score (nSPS) is 24.5. The highest BCUT2D eigenvalue weighted by atomic mass is 16.5. The van der Waals surface area contributed by atoms with E-state index in [1.165, 1.54) is 0 Å². The van der Waals surface area contributed by atoms with Crippen LogP contribution in [0.5, 0.6) is 0 Å². The van der Waals surface area contributed by atoms with Crippen LogP contribution in [0.15, 0.2) is 0 Å². The lowest BCUT2D eigenvalue weighted by Crippen LogP contribution is -2.49. The van der Waals surface area contributed by atoms with Crippen molar-refractivity contribution in [3.8, 4) is 0 Å². The molecule has 1 aliphatic rings. The fourth-order valence-electron chi connectivity index (χ4n) is 2.21. The lowest BCUT2D eigenvalue weighted by molar-refractivity contribution is -0.143. The molecule has 3 atom stereocenters. The van der Waals surface area contributed by atoms with Crippen molar-refractivity contribution < 1.29 is 9.53 Å². The van der Waals surface area contributed by atoms with Crippen LogP contribution >= 0.6 is 0 Å². The van der Waals surface area contributed by atoms with Gasteiger partial charge in [-0.1, -0.05) is 13.3 Å². The Morgan fingerprint density at radius 3 is 2.76 bits per heavy atom. The van der Waals surface area contributed by atoms with Gasteiger partial charge in [-0.05, 0) is 26.7 Å². The van der Waals surface area contributed by atoms with Crippen molar-refractivity contribution in [3.63, 3.8) is 0 Å². The van der Waals surface area contributed by atoms with Gasteiger partial charge in [-0.15, -0.1) is 0 Å². The third-order valence-electron chi connectivity index (χ3n) is 3.37. The number of carbonyl (C=O) groups excluding carboxylic acids is 1. The molecule has 0 bridgehead atoms. The summed E-state index contributed by atoms with van der Waals surface area (Å²) in [5.74, 6) is 0.375. The van der Waals surface area contributed by atoms with E-state index in [1.54, 1.807) is 0 Å². The molecule has 0 radical (unpaired) electrons. The molecule has 0 spiro atoms. The summed E-state index contributed by atoms with van der Waals surface area (Å²) < 4.78 is 5.34. The Bertz CT molecular complexity index is 244. The Labute approximate surface area is 104 Å². The number of nitrogens with two attached hydrogens (primary N) is 1. The van der Waals surface area contributed by atoms with Crippen molar-refractivity contribution in [2.45, 2.75) is 52.1 Å². The van der Waals surface area contributed by atoms with E-state index in [0.29, 0.717) is 13.2 Å². The molecule has 0 aromatic rings. The van der Waals surface area contributed by atoms with Gasteiger partial charge in [0.1, 0.15) is 0 Å². The van der Waals surface area contributed by atoms with E-state index in [1.807, 2.05) is 25.7 Å². The zero-order valence-corrected chi connectivity index (χ0v) is 11.3. The molecule has 0 saturated carbocycles. The van der Waals surface area contributed by atoms with Gasteiger partial charge in [-0.2, -0.15) is 0 Å². The Morgan fingerprint density at radius 1 is 1.47 bits per heavy atom. The average Bonchev–Trinajstić information content (AvgIpc) is 2.28. The smallest absolute Gasteiger partial charge is 0.225 e. The Hall–Kier alpha value is -0.610. The monoisotopic (exact) mass is 242 g/mol. The SMILES string of the molecule is CC(N)CCCC(C)C(=O)N1CCOCC1C. The summed E-state index contributed by atoms with van der Waals surface area (Å²) in [6.45, 7) is 8.15. The van der Waals surface area contributed by atoms with Crippen molar-refractivity contribution >= 4 is 5.91 Å². The Morgan fingerprint density at radius 2 is 2.18 bits per heavy atom. The second kappa shape index (κ2) is 6.97. The zero-order valence-electron chi connectivity index (χ0n) is 11.3. The predicted molar refractivity (Wildman–Crippen MR) is 68.7 cm³/mol. The molecule has 0 aliphatic carbocycles. The van der Waals surface area contributed by atoms with Gasteiger partial charge in [0.25, 0.3) is 0 Å². The Kier molecular flexibility index (Phi) is 5.92. The molecule has 1 fully saturated rings. The molecule has 1 saturated heterocycles. The fourth-order valence-corrected chi connectivity index (χ4v) is 2.21. The number of carbonyl (C=O) groups is 1. The van der Waals surface area contributed by atoms with Gasteiger partial charge in [-0.25, -0.2) is 0 Å². The van der Waals surface area contributed by atoms with E-state index < -0.39 is 0 Å². The number of nitrogens with zero attached hydrogens (tertiary/aromatic N) is 1. The van der Waals surface area contributed by atoms with Crippen LogP contribution in [-0.4, -0.2) is 42.6 Å². The third kappa shape index (κ3) is 4.64. The van der Waals surface area contributed by atoms with Gasteiger partial charge in [0.2, 0.25) is 5.91 Å². The van der Waals surface area contributed by atoms with Gasteiger partial charge in [0.05, 0.1) is 19.3 Å². The van der Waals surface area contributed by atoms with Crippen LogP contribution in [0.2, 0.25) is 0 Å². The lowest BCUT2D eigenvalue weighted by Gasteiger charge is -2.35. The van der Waals surface area contributed by atoms with Crippen LogP contribution < -0.4 is 5.73 Å². The van der Waals surface area contributed by atoms with E-state index in [0.717, 1.165) is 25.8 Å². The maximum absolute atomic E-state index is 12.2. The van der Waals surface area contributed by atoms with Gasteiger partial charge in [-0.3, -0.25) is 4.79 Å². The number of hydrogen-bond acceptors (Lipinski definition) is 3. The number of hydrogen-bond donors (Lipinski definition) is 1. The summed E-state index contributed by atoms with van der Waals surface area (Å²) in [5, 5.41) is 0.